The molecule has 1 aromatic rings. The number of carbonyl (C=O) groups excluding carboxylic acids is 1. The van der Waals surface area contributed by atoms with Gasteiger partial charge >= 0.3 is 0 Å². The minimum Gasteiger partial charge on any atom is -0.390 e. The van der Waals surface area contributed by atoms with Crippen molar-refractivity contribution in [1.82, 2.24) is 0 Å². The molecule has 0 saturated heterocycles. The summed E-state index contributed by atoms with van der Waals surface area (Å²) in [5.74, 6) is -0.680. The molecule has 86 valence electrons. The quantitative estimate of drug-likeness (QED) is 0.789. The van der Waals surface area contributed by atoms with Crippen LogP contribution in [0.3, 0.4) is 0 Å². The molecule has 0 saturated carbocycles. The van der Waals surface area contributed by atoms with Crippen LogP contribution in [-0.2, 0) is 17.6 Å². The predicted octanol–water partition coefficient (Wildman–Crippen LogP) is 1.84. The standard InChI is InChI=1S/C12H15NO3/c1-12(2,15)8-10-5-3-4-9(6-10)7-11(14)13-16/h3-6,15H,7-8H2,1-2H3. The van der Waals surface area contributed by atoms with Gasteiger partial charge in [0.05, 0.1) is 12.0 Å². The second-order valence-corrected chi connectivity index (χ2v) is 4.47. The van der Waals surface area contributed by atoms with Gasteiger partial charge in [0.1, 0.15) is 0 Å². The van der Waals surface area contributed by atoms with E-state index in [9.17, 15) is 14.8 Å². The van der Waals surface area contributed by atoms with E-state index in [0.29, 0.717) is 6.42 Å². The SMILES string of the molecule is CC(C)(O)Cc1cccc(CC(=O)N=O)c1. The largest absolute Gasteiger partial charge is 0.390 e. The first-order valence-electron chi connectivity index (χ1n) is 5.07. The van der Waals surface area contributed by atoms with Crippen molar-refractivity contribution in [3.63, 3.8) is 0 Å². The highest BCUT2D eigenvalue weighted by Crippen LogP contribution is 2.14. The molecule has 0 aromatic heterocycles. The van der Waals surface area contributed by atoms with E-state index in [1.807, 2.05) is 6.07 Å². The summed E-state index contributed by atoms with van der Waals surface area (Å²) in [6, 6.07) is 7.24. The first-order valence-corrected chi connectivity index (χ1v) is 5.07. The van der Waals surface area contributed by atoms with Gasteiger partial charge < -0.3 is 5.11 Å². The lowest BCUT2D eigenvalue weighted by atomic mass is 9.97. The van der Waals surface area contributed by atoms with Gasteiger partial charge in [-0.05, 0) is 25.0 Å². The molecule has 1 amide bonds. The van der Waals surface area contributed by atoms with E-state index in [-0.39, 0.29) is 6.42 Å². The summed E-state index contributed by atoms with van der Waals surface area (Å²) < 4.78 is 0. The number of amides is 1. The fourth-order valence-electron chi connectivity index (χ4n) is 1.56. The summed E-state index contributed by atoms with van der Waals surface area (Å²) in [6.45, 7) is 3.44. The molecular formula is C12H15NO3. The van der Waals surface area contributed by atoms with Crippen molar-refractivity contribution in [3.05, 3.63) is 40.3 Å². The third-order valence-electron chi connectivity index (χ3n) is 2.09. The lowest BCUT2D eigenvalue weighted by molar-refractivity contribution is -0.117. The number of carbonyl (C=O) groups is 1. The highest BCUT2D eigenvalue weighted by atomic mass is 16.3. The second kappa shape index (κ2) is 4.99. The third kappa shape index (κ3) is 4.31. The molecule has 0 fully saturated rings. The monoisotopic (exact) mass is 221 g/mol. The van der Waals surface area contributed by atoms with E-state index < -0.39 is 11.5 Å². The van der Waals surface area contributed by atoms with Gasteiger partial charge in [-0.25, -0.2) is 0 Å². The Morgan fingerprint density at radius 2 is 2.00 bits per heavy atom. The molecular weight excluding hydrogens is 206 g/mol. The van der Waals surface area contributed by atoms with Gasteiger partial charge in [-0.3, -0.25) is 4.79 Å². The van der Waals surface area contributed by atoms with Crippen molar-refractivity contribution in [2.45, 2.75) is 32.3 Å². The molecule has 0 bridgehead atoms. The van der Waals surface area contributed by atoms with Crippen LogP contribution in [0.2, 0.25) is 0 Å². The van der Waals surface area contributed by atoms with Crippen LogP contribution in [0.1, 0.15) is 25.0 Å². The summed E-state index contributed by atoms with van der Waals surface area (Å²) in [6.07, 6.45) is 0.521. The number of hydrogen-bond acceptors (Lipinski definition) is 3. The Bertz CT molecular complexity index is 393. The molecule has 1 rings (SSSR count). The molecule has 1 aromatic carbocycles. The van der Waals surface area contributed by atoms with Crippen LogP contribution in [0.5, 0.6) is 0 Å². The van der Waals surface area contributed by atoms with Crippen LogP contribution in [0, 0.1) is 4.91 Å². The van der Waals surface area contributed by atoms with E-state index >= 15 is 0 Å². The summed E-state index contributed by atoms with van der Waals surface area (Å²) in [4.78, 5) is 20.8. The molecule has 0 aliphatic carbocycles. The fourth-order valence-corrected chi connectivity index (χ4v) is 1.56. The zero-order valence-corrected chi connectivity index (χ0v) is 9.43. The van der Waals surface area contributed by atoms with Crippen molar-refractivity contribution < 1.29 is 9.90 Å². The Morgan fingerprint density at radius 3 is 2.56 bits per heavy atom. The lowest BCUT2D eigenvalue weighted by Gasteiger charge is -2.17. The topological polar surface area (TPSA) is 66.7 Å². The summed E-state index contributed by atoms with van der Waals surface area (Å²) in [5, 5.41) is 12.0. The first-order chi connectivity index (χ1) is 7.40. The average Bonchev–Trinajstić information content (AvgIpc) is 2.15. The highest BCUT2D eigenvalue weighted by Gasteiger charge is 2.13. The van der Waals surface area contributed by atoms with Crippen molar-refractivity contribution in [1.29, 1.82) is 0 Å². The number of rotatable bonds is 4. The van der Waals surface area contributed by atoms with E-state index in [1.165, 1.54) is 0 Å². The number of hydrogen-bond donors (Lipinski definition) is 1. The fraction of sp³-hybridized carbons (Fsp3) is 0.417. The number of benzene rings is 1. The molecule has 0 aliphatic heterocycles. The van der Waals surface area contributed by atoms with Gasteiger partial charge in [0.2, 0.25) is 0 Å². The van der Waals surface area contributed by atoms with Crippen molar-refractivity contribution in [2.24, 2.45) is 5.18 Å². The van der Waals surface area contributed by atoms with Gasteiger partial charge in [-0.2, -0.15) is 0 Å². The van der Waals surface area contributed by atoms with Crippen LogP contribution < -0.4 is 0 Å². The Morgan fingerprint density at radius 1 is 1.38 bits per heavy atom. The van der Waals surface area contributed by atoms with Crippen molar-refractivity contribution >= 4 is 5.91 Å². The Balaban J connectivity index is 2.79. The normalized spacial score (nSPS) is 11.2. The van der Waals surface area contributed by atoms with Crippen LogP contribution in [0.4, 0.5) is 0 Å². The summed E-state index contributed by atoms with van der Waals surface area (Å²) in [7, 11) is 0. The minimum atomic E-state index is -0.786. The van der Waals surface area contributed by atoms with Crippen LogP contribution >= 0.6 is 0 Å². The highest BCUT2D eigenvalue weighted by molar-refractivity contribution is 5.79. The maximum Gasteiger partial charge on any atom is 0.290 e. The average molecular weight is 221 g/mol. The zero-order valence-electron chi connectivity index (χ0n) is 9.43. The van der Waals surface area contributed by atoms with Crippen LogP contribution in [-0.4, -0.2) is 16.6 Å². The number of nitroso groups, excluding NO2 is 1. The third-order valence-corrected chi connectivity index (χ3v) is 2.09. The summed E-state index contributed by atoms with van der Waals surface area (Å²) >= 11 is 0. The van der Waals surface area contributed by atoms with Crippen molar-refractivity contribution in [2.75, 3.05) is 0 Å². The predicted molar refractivity (Wildman–Crippen MR) is 60.9 cm³/mol. The molecule has 0 spiro atoms. The maximum absolute atomic E-state index is 10.8. The van der Waals surface area contributed by atoms with Crippen LogP contribution in [0.25, 0.3) is 0 Å². The van der Waals surface area contributed by atoms with E-state index in [2.05, 4.69) is 5.18 Å². The van der Waals surface area contributed by atoms with Crippen LogP contribution in [0.15, 0.2) is 29.4 Å². The maximum atomic E-state index is 10.8. The van der Waals surface area contributed by atoms with E-state index in [0.717, 1.165) is 11.1 Å². The van der Waals surface area contributed by atoms with Gasteiger partial charge in [0.25, 0.3) is 5.91 Å². The van der Waals surface area contributed by atoms with Gasteiger partial charge in [-0.15, -0.1) is 4.91 Å². The lowest BCUT2D eigenvalue weighted by Crippen LogP contribution is -2.21. The minimum absolute atomic E-state index is 0.0171. The van der Waals surface area contributed by atoms with Gasteiger partial charge in [-0.1, -0.05) is 24.3 Å². The zero-order chi connectivity index (χ0) is 12.2. The Hall–Kier alpha value is -1.55. The Labute approximate surface area is 94.3 Å². The number of aliphatic hydroxyl groups is 1. The second-order valence-electron chi connectivity index (χ2n) is 4.47. The molecule has 0 radical (unpaired) electrons. The molecule has 16 heavy (non-hydrogen) atoms. The molecule has 4 heteroatoms. The molecule has 1 N–H and O–H groups in total. The molecule has 0 atom stereocenters. The van der Waals surface area contributed by atoms with E-state index in [1.54, 1.807) is 32.0 Å². The van der Waals surface area contributed by atoms with Gasteiger partial charge in [0.15, 0.2) is 0 Å². The Kier molecular flexibility index (Phi) is 3.90. The van der Waals surface area contributed by atoms with E-state index in [4.69, 9.17) is 0 Å². The first kappa shape index (κ1) is 12.5. The smallest absolute Gasteiger partial charge is 0.290 e. The molecule has 4 nitrogen and oxygen atoms in total. The van der Waals surface area contributed by atoms with Crippen molar-refractivity contribution in [3.8, 4) is 0 Å². The van der Waals surface area contributed by atoms with Gasteiger partial charge in [0, 0.05) is 11.6 Å². The molecule has 0 heterocycles. The summed E-state index contributed by atoms with van der Waals surface area (Å²) in [5.41, 5.74) is 0.890. The molecule has 0 aliphatic rings. The number of nitrogens with zero attached hydrogens (tertiary/aromatic N) is 1. The molecule has 0 unspecified atom stereocenters.